The number of anilines is 1. The third-order valence-corrected chi connectivity index (χ3v) is 4.25. The molecule has 0 atom stereocenters. The van der Waals surface area contributed by atoms with Gasteiger partial charge in [-0.15, -0.1) is 0 Å². The lowest BCUT2D eigenvalue weighted by molar-refractivity contribution is 0.0955. The molecule has 0 fully saturated rings. The van der Waals surface area contributed by atoms with Gasteiger partial charge in [0.15, 0.2) is 0 Å². The van der Waals surface area contributed by atoms with Crippen molar-refractivity contribution in [3.8, 4) is 0 Å². The standard InChI is InChI=1S/C13H21N3O3S/c1-4-16-20(18,19)8-7-15-13(17)12-6-5-11(14-3)9-10(12)2/h5-6,9,14,16H,4,7-8H2,1-3H3,(H,15,17). The summed E-state index contributed by atoms with van der Waals surface area (Å²) < 4.78 is 25.2. The molecule has 1 aromatic rings. The first-order valence-corrected chi connectivity index (χ1v) is 8.08. The van der Waals surface area contributed by atoms with Crippen molar-refractivity contribution < 1.29 is 13.2 Å². The molecule has 1 aromatic carbocycles. The van der Waals surface area contributed by atoms with Crippen LogP contribution in [0.4, 0.5) is 5.69 Å². The molecule has 0 aliphatic heterocycles. The number of amides is 1. The van der Waals surface area contributed by atoms with Crippen LogP contribution in [0.2, 0.25) is 0 Å². The number of hydrogen-bond acceptors (Lipinski definition) is 4. The zero-order chi connectivity index (χ0) is 15.2. The SMILES string of the molecule is CCNS(=O)(=O)CCNC(=O)c1ccc(NC)cc1C. The summed E-state index contributed by atoms with van der Waals surface area (Å²) in [5, 5.41) is 5.61. The first-order valence-electron chi connectivity index (χ1n) is 6.43. The van der Waals surface area contributed by atoms with Gasteiger partial charge in [-0.3, -0.25) is 4.79 Å². The van der Waals surface area contributed by atoms with Gasteiger partial charge in [0, 0.05) is 31.4 Å². The number of carbonyl (C=O) groups is 1. The van der Waals surface area contributed by atoms with Crippen LogP contribution in [0.5, 0.6) is 0 Å². The fraction of sp³-hybridized carbons (Fsp3) is 0.462. The van der Waals surface area contributed by atoms with Gasteiger partial charge in [0.2, 0.25) is 10.0 Å². The smallest absolute Gasteiger partial charge is 0.251 e. The van der Waals surface area contributed by atoms with Crippen LogP contribution >= 0.6 is 0 Å². The number of rotatable bonds is 7. The van der Waals surface area contributed by atoms with Crippen LogP contribution in [0.1, 0.15) is 22.8 Å². The van der Waals surface area contributed by atoms with E-state index in [0.717, 1.165) is 11.3 Å². The lowest BCUT2D eigenvalue weighted by Gasteiger charge is -2.10. The molecule has 0 saturated carbocycles. The van der Waals surface area contributed by atoms with E-state index in [1.165, 1.54) is 0 Å². The molecule has 0 heterocycles. The van der Waals surface area contributed by atoms with E-state index in [0.29, 0.717) is 12.1 Å². The summed E-state index contributed by atoms with van der Waals surface area (Å²) in [6.07, 6.45) is 0. The van der Waals surface area contributed by atoms with Gasteiger partial charge in [0.1, 0.15) is 0 Å². The minimum absolute atomic E-state index is 0.0847. The highest BCUT2D eigenvalue weighted by Gasteiger charge is 2.12. The van der Waals surface area contributed by atoms with E-state index >= 15 is 0 Å². The Morgan fingerprint density at radius 2 is 2.00 bits per heavy atom. The predicted molar refractivity (Wildman–Crippen MR) is 80.5 cm³/mol. The molecule has 1 amide bonds. The van der Waals surface area contributed by atoms with Crippen molar-refractivity contribution in [2.75, 3.05) is 31.2 Å². The molecule has 0 aromatic heterocycles. The van der Waals surface area contributed by atoms with Crippen LogP contribution in [-0.2, 0) is 10.0 Å². The molecule has 20 heavy (non-hydrogen) atoms. The Balaban J connectivity index is 2.60. The molecule has 112 valence electrons. The van der Waals surface area contributed by atoms with Crippen molar-refractivity contribution in [2.45, 2.75) is 13.8 Å². The Bertz CT molecular complexity index is 570. The molecule has 0 bridgehead atoms. The van der Waals surface area contributed by atoms with E-state index in [4.69, 9.17) is 0 Å². The summed E-state index contributed by atoms with van der Waals surface area (Å²) in [6, 6.07) is 5.39. The molecule has 0 aliphatic rings. The molecular weight excluding hydrogens is 278 g/mol. The molecule has 3 N–H and O–H groups in total. The van der Waals surface area contributed by atoms with Crippen molar-refractivity contribution in [2.24, 2.45) is 0 Å². The third kappa shape index (κ3) is 4.82. The van der Waals surface area contributed by atoms with Gasteiger partial charge in [-0.25, -0.2) is 13.1 Å². The maximum absolute atomic E-state index is 12.0. The van der Waals surface area contributed by atoms with Crippen LogP contribution in [0.3, 0.4) is 0 Å². The van der Waals surface area contributed by atoms with Crippen molar-refractivity contribution in [1.82, 2.24) is 10.0 Å². The summed E-state index contributed by atoms with van der Waals surface area (Å²) in [6.45, 7) is 3.98. The van der Waals surface area contributed by atoms with Crippen LogP contribution in [0.15, 0.2) is 18.2 Å². The van der Waals surface area contributed by atoms with Gasteiger partial charge in [-0.05, 0) is 30.7 Å². The second kappa shape index (κ2) is 7.25. The van der Waals surface area contributed by atoms with Crippen molar-refractivity contribution in [1.29, 1.82) is 0 Å². The number of nitrogens with one attached hydrogen (secondary N) is 3. The summed E-state index contributed by atoms with van der Waals surface area (Å²) >= 11 is 0. The van der Waals surface area contributed by atoms with E-state index in [9.17, 15) is 13.2 Å². The van der Waals surface area contributed by atoms with Gasteiger partial charge in [-0.1, -0.05) is 6.92 Å². The zero-order valence-corrected chi connectivity index (χ0v) is 12.8. The second-order valence-electron chi connectivity index (χ2n) is 4.35. The Kier molecular flexibility index (Phi) is 5.97. The van der Waals surface area contributed by atoms with Crippen LogP contribution in [-0.4, -0.2) is 40.2 Å². The number of hydrogen-bond donors (Lipinski definition) is 3. The summed E-state index contributed by atoms with van der Waals surface area (Å²) in [5.74, 6) is -0.392. The molecule has 7 heteroatoms. The highest BCUT2D eigenvalue weighted by atomic mass is 32.2. The molecule has 0 unspecified atom stereocenters. The van der Waals surface area contributed by atoms with E-state index in [1.807, 2.05) is 13.0 Å². The first kappa shape index (κ1) is 16.5. The maximum atomic E-state index is 12.0. The average Bonchev–Trinajstić information content (AvgIpc) is 2.37. The minimum Gasteiger partial charge on any atom is -0.388 e. The highest BCUT2D eigenvalue weighted by molar-refractivity contribution is 7.89. The molecular formula is C13H21N3O3S. The monoisotopic (exact) mass is 299 g/mol. The fourth-order valence-electron chi connectivity index (χ4n) is 1.76. The van der Waals surface area contributed by atoms with Crippen molar-refractivity contribution >= 4 is 21.6 Å². The van der Waals surface area contributed by atoms with Crippen LogP contribution in [0.25, 0.3) is 0 Å². The minimum atomic E-state index is -3.31. The third-order valence-electron chi connectivity index (χ3n) is 2.78. The van der Waals surface area contributed by atoms with Crippen LogP contribution in [0, 0.1) is 6.92 Å². The first-order chi connectivity index (χ1) is 9.39. The van der Waals surface area contributed by atoms with Gasteiger partial charge in [0.25, 0.3) is 5.91 Å². The quantitative estimate of drug-likeness (QED) is 0.692. The second-order valence-corrected chi connectivity index (χ2v) is 6.28. The molecule has 0 spiro atoms. The summed E-state index contributed by atoms with van der Waals surface area (Å²) in [4.78, 5) is 12.0. The van der Waals surface area contributed by atoms with E-state index in [2.05, 4.69) is 15.4 Å². The molecule has 1 rings (SSSR count). The Labute approximate surface area is 120 Å². The van der Waals surface area contributed by atoms with Gasteiger partial charge in [0.05, 0.1) is 5.75 Å². The average molecular weight is 299 g/mol. The van der Waals surface area contributed by atoms with E-state index in [-0.39, 0.29) is 18.2 Å². The summed E-state index contributed by atoms with van der Waals surface area (Å²) in [5.41, 5.74) is 2.31. The summed E-state index contributed by atoms with van der Waals surface area (Å²) in [7, 11) is -1.50. The number of aryl methyl sites for hydroxylation is 1. The molecule has 0 saturated heterocycles. The van der Waals surface area contributed by atoms with E-state index < -0.39 is 10.0 Å². The largest absolute Gasteiger partial charge is 0.388 e. The Morgan fingerprint density at radius 3 is 2.55 bits per heavy atom. The van der Waals surface area contributed by atoms with Crippen molar-refractivity contribution in [3.05, 3.63) is 29.3 Å². The normalized spacial score (nSPS) is 11.2. The molecule has 0 aliphatic carbocycles. The Morgan fingerprint density at radius 1 is 1.30 bits per heavy atom. The lowest BCUT2D eigenvalue weighted by atomic mass is 10.1. The maximum Gasteiger partial charge on any atom is 0.251 e. The van der Waals surface area contributed by atoms with Gasteiger partial charge >= 0.3 is 0 Å². The molecule has 6 nitrogen and oxygen atoms in total. The number of sulfonamides is 1. The zero-order valence-electron chi connectivity index (χ0n) is 12.0. The van der Waals surface area contributed by atoms with Crippen LogP contribution < -0.4 is 15.4 Å². The topological polar surface area (TPSA) is 87.3 Å². The highest BCUT2D eigenvalue weighted by Crippen LogP contribution is 2.14. The number of carbonyl (C=O) groups excluding carboxylic acids is 1. The Hall–Kier alpha value is -1.60. The predicted octanol–water partition coefficient (Wildman–Crippen LogP) is 0.706. The number of benzene rings is 1. The molecule has 0 radical (unpaired) electrons. The fourth-order valence-corrected chi connectivity index (χ4v) is 2.72. The van der Waals surface area contributed by atoms with Gasteiger partial charge < -0.3 is 10.6 Å². The lowest BCUT2D eigenvalue weighted by Crippen LogP contribution is -2.34. The van der Waals surface area contributed by atoms with E-state index in [1.54, 1.807) is 26.1 Å². The van der Waals surface area contributed by atoms with Crippen molar-refractivity contribution in [3.63, 3.8) is 0 Å². The van der Waals surface area contributed by atoms with Gasteiger partial charge in [-0.2, -0.15) is 0 Å².